The minimum Gasteiger partial charge on any atom is -0.345 e. The number of rotatable bonds is 6. The second kappa shape index (κ2) is 9.14. The molecule has 0 spiro atoms. The van der Waals surface area contributed by atoms with Crippen LogP contribution in [0.25, 0.3) is 6.08 Å². The molecule has 0 radical (unpaired) electrons. The summed E-state index contributed by atoms with van der Waals surface area (Å²) in [6.07, 6.45) is 6.29. The molecule has 2 aromatic rings. The summed E-state index contributed by atoms with van der Waals surface area (Å²) in [4.78, 5) is 13.7. The Balaban J connectivity index is 2.02. The summed E-state index contributed by atoms with van der Waals surface area (Å²) in [5.41, 5.74) is 1.06. The second-order valence-corrected chi connectivity index (χ2v) is 10.3. The van der Waals surface area contributed by atoms with Crippen molar-refractivity contribution >= 4 is 28.0 Å². The van der Waals surface area contributed by atoms with Gasteiger partial charge in [-0.3, -0.25) is 9.00 Å². The van der Waals surface area contributed by atoms with Crippen LogP contribution in [0.5, 0.6) is 0 Å². The lowest BCUT2D eigenvalue weighted by Crippen LogP contribution is -2.47. The van der Waals surface area contributed by atoms with E-state index < -0.39 is 22.0 Å². The molecule has 0 bridgehead atoms. The van der Waals surface area contributed by atoms with Crippen LogP contribution in [0, 0.1) is 23.1 Å². The standard InChI is InChI=1S/C22H28FN5O2S/c1-5-25-31(30)20-13-28(4)21(18(20)8-6-17(27-31)10-14(2)3)22(29)26-16-7-9-19(23)15(11-16)12-24/h6-9,11,13-14,17,31H,5,10H2,1-4H3,(H,26,29)(H2,25,27,30)/t17-/m1/s1. The number of aromatic nitrogens is 1. The van der Waals surface area contributed by atoms with Crippen LogP contribution in [-0.2, 0) is 17.4 Å². The van der Waals surface area contributed by atoms with Crippen LogP contribution in [-0.4, -0.2) is 27.3 Å². The molecule has 0 unspecified atom stereocenters. The van der Waals surface area contributed by atoms with Crippen molar-refractivity contribution in [2.24, 2.45) is 13.0 Å². The molecule has 1 aromatic carbocycles. The number of amides is 1. The van der Waals surface area contributed by atoms with E-state index in [-0.39, 0.29) is 11.6 Å². The Labute approximate surface area is 183 Å². The molecule has 0 fully saturated rings. The number of carbonyl (C=O) groups is 1. The van der Waals surface area contributed by atoms with Crippen LogP contribution < -0.4 is 14.8 Å². The molecular formula is C22H28FN5O2S. The first-order valence-corrected chi connectivity index (χ1v) is 11.9. The first-order valence-electron chi connectivity index (χ1n) is 10.2. The van der Waals surface area contributed by atoms with E-state index in [4.69, 9.17) is 5.26 Å². The normalized spacial score (nSPS) is 18.2. The third-order valence-corrected chi connectivity index (χ3v) is 7.54. The number of hydrogen-bond donors (Lipinski definition) is 4. The first-order chi connectivity index (χ1) is 14.7. The van der Waals surface area contributed by atoms with Crippen molar-refractivity contribution in [2.75, 3.05) is 11.9 Å². The third kappa shape index (κ3) is 4.77. The van der Waals surface area contributed by atoms with Gasteiger partial charge in [0.05, 0.1) is 10.5 Å². The average molecular weight is 446 g/mol. The summed E-state index contributed by atoms with van der Waals surface area (Å²) in [6.45, 7) is 6.58. The van der Waals surface area contributed by atoms with Crippen molar-refractivity contribution < 1.29 is 13.4 Å². The molecule has 1 aliphatic rings. The number of benzene rings is 1. The molecular weight excluding hydrogens is 417 g/mol. The number of anilines is 1. The summed E-state index contributed by atoms with van der Waals surface area (Å²) in [7, 11) is -1.45. The van der Waals surface area contributed by atoms with Crippen molar-refractivity contribution in [3.63, 3.8) is 0 Å². The number of halogens is 1. The predicted octanol–water partition coefficient (Wildman–Crippen LogP) is 3.13. The maximum absolute atomic E-state index is 13.9. The number of aryl methyl sites for hydroxylation is 1. The molecule has 166 valence electrons. The molecule has 3 rings (SSSR count). The van der Waals surface area contributed by atoms with Crippen molar-refractivity contribution in [1.82, 2.24) is 14.0 Å². The highest BCUT2D eigenvalue weighted by atomic mass is 32.3. The van der Waals surface area contributed by atoms with Crippen molar-refractivity contribution in [2.45, 2.75) is 38.1 Å². The average Bonchev–Trinajstić information content (AvgIpc) is 2.98. The van der Waals surface area contributed by atoms with Crippen molar-refractivity contribution in [1.29, 1.82) is 5.26 Å². The van der Waals surface area contributed by atoms with Gasteiger partial charge >= 0.3 is 0 Å². The number of nitriles is 1. The SMILES string of the molecule is CCN[SH]1(=O)N[C@@H](CC(C)C)C=Cc2c1cn(C)c2C(=O)Nc1ccc(F)c(C#N)c1. The fourth-order valence-corrected chi connectivity index (χ4v) is 6.12. The fraction of sp³-hybridized carbons (Fsp3) is 0.364. The van der Waals surface area contributed by atoms with Crippen LogP contribution >= 0.6 is 0 Å². The lowest BCUT2D eigenvalue weighted by atomic mass is 10.0. The molecule has 1 aliphatic heterocycles. The zero-order valence-electron chi connectivity index (χ0n) is 18.1. The summed E-state index contributed by atoms with van der Waals surface area (Å²) >= 11 is 0. The van der Waals surface area contributed by atoms with Gasteiger partial charge in [-0.1, -0.05) is 32.9 Å². The zero-order chi connectivity index (χ0) is 22.8. The van der Waals surface area contributed by atoms with E-state index in [0.29, 0.717) is 34.3 Å². The molecule has 0 aliphatic carbocycles. The zero-order valence-corrected chi connectivity index (χ0v) is 19.0. The van der Waals surface area contributed by atoms with Crippen LogP contribution in [0.3, 0.4) is 0 Å². The molecule has 31 heavy (non-hydrogen) atoms. The fourth-order valence-electron chi connectivity index (χ4n) is 3.76. The van der Waals surface area contributed by atoms with E-state index in [1.165, 1.54) is 12.1 Å². The quantitative estimate of drug-likeness (QED) is 0.514. The van der Waals surface area contributed by atoms with E-state index in [0.717, 1.165) is 12.5 Å². The summed E-state index contributed by atoms with van der Waals surface area (Å²) in [6, 6.07) is 5.48. The first kappa shape index (κ1) is 22.9. The van der Waals surface area contributed by atoms with Crippen LogP contribution in [0.2, 0.25) is 0 Å². The Hall–Kier alpha value is -2.80. The van der Waals surface area contributed by atoms with Gasteiger partial charge < -0.3 is 9.88 Å². The van der Waals surface area contributed by atoms with Gasteiger partial charge in [0, 0.05) is 47.4 Å². The lowest BCUT2D eigenvalue weighted by molar-refractivity contribution is 0.101. The number of hydrogen-bond acceptors (Lipinski definition) is 3. The number of thiol groups is 1. The molecule has 0 saturated heterocycles. The maximum Gasteiger partial charge on any atom is 0.272 e. The Kier molecular flexibility index (Phi) is 6.74. The van der Waals surface area contributed by atoms with E-state index >= 15 is 0 Å². The Morgan fingerprint density at radius 1 is 1.42 bits per heavy atom. The van der Waals surface area contributed by atoms with E-state index in [1.54, 1.807) is 23.9 Å². The minimum atomic E-state index is -3.16. The van der Waals surface area contributed by atoms with Crippen molar-refractivity contribution in [3.05, 3.63) is 53.1 Å². The molecule has 1 atom stereocenters. The number of nitrogens with zero attached hydrogens (tertiary/aromatic N) is 2. The van der Waals surface area contributed by atoms with Gasteiger partial charge in [-0.25, -0.2) is 13.8 Å². The monoisotopic (exact) mass is 445 g/mol. The van der Waals surface area contributed by atoms with Gasteiger partial charge in [0.25, 0.3) is 5.91 Å². The third-order valence-electron chi connectivity index (χ3n) is 5.05. The highest BCUT2D eigenvalue weighted by Crippen LogP contribution is 2.30. The highest BCUT2D eigenvalue weighted by Gasteiger charge is 2.31. The topological polar surface area (TPSA) is 98.9 Å². The Morgan fingerprint density at radius 3 is 2.81 bits per heavy atom. The smallest absolute Gasteiger partial charge is 0.272 e. The van der Waals surface area contributed by atoms with E-state index in [9.17, 15) is 13.4 Å². The molecule has 9 heteroatoms. The molecule has 2 heterocycles. The van der Waals surface area contributed by atoms with Crippen LogP contribution in [0.15, 0.2) is 35.4 Å². The maximum atomic E-state index is 13.9. The van der Waals surface area contributed by atoms with Gasteiger partial charge in [0.15, 0.2) is 0 Å². The van der Waals surface area contributed by atoms with Gasteiger partial charge in [0.2, 0.25) is 0 Å². The number of carbonyl (C=O) groups excluding carboxylic acids is 1. The minimum absolute atomic E-state index is 0.103. The largest absolute Gasteiger partial charge is 0.345 e. The highest BCUT2D eigenvalue weighted by molar-refractivity contribution is 7.99. The van der Waals surface area contributed by atoms with Gasteiger partial charge in [-0.2, -0.15) is 5.26 Å². The molecule has 1 aromatic heterocycles. The van der Waals surface area contributed by atoms with Crippen LogP contribution in [0.4, 0.5) is 10.1 Å². The summed E-state index contributed by atoms with van der Waals surface area (Å²) in [5, 5.41) is 11.7. The van der Waals surface area contributed by atoms with Crippen molar-refractivity contribution in [3.8, 4) is 6.07 Å². The van der Waals surface area contributed by atoms with E-state index in [2.05, 4.69) is 28.6 Å². The van der Waals surface area contributed by atoms with Gasteiger partial charge in [-0.15, -0.1) is 0 Å². The number of fused-ring (bicyclic) bond motifs is 1. The second-order valence-electron chi connectivity index (χ2n) is 7.99. The Bertz CT molecular complexity index is 1120. The van der Waals surface area contributed by atoms with E-state index in [1.807, 2.05) is 19.1 Å². The summed E-state index contributed by atoms with van der Waals surface area (Å²) in [5.74, 6) is -0.685. The predicted molar refractivity (Wildman–Crippen MR) is 121 cm³/mol. The van der Waals surface area contributed by atoms with Crippen LogP contribution in [0.1, 0.15) is 48.8 Å². The molecule has 0 saturated carbocycles. The Morgan fingerprint density at radius 2 is 2.16 bits per heavy atom. The molecule has 1 amide bonds. The van der Waals surface area contributed by atoms with Gasteiger partial charge in [-0.05, 0) is 30.5 Å². The summed E-state index contributed by atoms with van der Waals surface area (Å²) < 4.78 is 35.4. The number of nitrogens with one attached hydrogen (secondary N) is 3. The molecule has 3 N–H and O–H groups in total. The van der Waals surface area contributed by atoms with Gasteiger partial charge in [0.1, 0.15) is 17.6 Å². The lowest BCUT2D eigenvalue weighted by Gasteiger charge is -2.29. The molecule has 7 nitrogen and oxygen atoms in total.